The Labute approximate surface area is 227 Å². The first-order chi connectivity index (χ1) is 16.9. The third kappa shape index (κ3) is 6.81. The van der Waals surface area contributed by atoms with E-state index in [0.29, 0.717) is 49.9 Å². The van der Waals surface area contributed by atoms with E-state index in [1.165, 1.54) is 11.3 Å². The van der Waals surface area contributed by atoms with E-state index in [-0.39, 0.29) is 0 Å². The van der Waals surface area contributed by atoms with Gasteiger partial charge >= 0.3 is 0 Å². The standard InChI is InChI=1S/C25H19Cl4N3O2S/c1-2-33-24-10-15(4-8-23(24)34-13-16-3-7-19(27)21(29)9-16)12-30-32-25-31-22(14-35-25)18-6-5-17(26)11-20(18)28/h3-12,14H,2,13H2,1H3,(H,31,32)/b30-12-. The quantitative estimate of drug-likeness (QED) is 0.162. The molecule has 0 fully saturated rings. The predicted octanol–water partition coefficient (Wildman–Crippen LogP) is 8.85. The second-order valence-corrected chi connectivity index (χ2v) is 9.72. The fraction of sp³-hybridized carbons (Fsp3) is 0.120. The molecule has 0 radical (unpaired) electrons. The third-order valence-electron chi connectivity index (χ3n) is 4.73. The Morgan fingerprint density at radius 2 is 1.77 bits per heavy atom. The van der Waals surface area contributed by atoms with Crippen molar-refractivity contribution in [3.63, 3.8) is 0 Å². The highest BCUT2D eigenvalue weighted by molar-refractivity contribution is 7.14. The van der Waals surface area contributed by atoms with E-state index >= 15 is 0 Å². The minimum atomic E-state index is 0.329. The van der Waals surface area contributed by atoms with Crippen LogP contribution in [0.1, 0.15) is 18.1 Å². The van der Waals surface area contributed by atoms with Crippen molar-refractivity contribution >= 4 is 69.1 Å². The molecule has 1 N–H and O–H groups in total. The molecular weight excluding hydrogens is 548 g/mol. The van der Waals surface area contributed by atoms with Crippen molar-refractivity contribution in [3.05, 3.63) is 91.2 Å². The maximum Gasteiger partial charge on any atom is 0.203 e. The summed E-state index contributed by atoms with van der Waals surface area (Å²) in [5.41, 5.74) is 6.24. The summed E-state index contributed by atoms with van der Waals surface area (Å²) in [4.78, 5) is 4.53. The Kier molecular flexibility index (Phi) is 8.76. The van der Waals surface area contributed by atoms with Gasteiger partial charge in [0.1, 0.15) is 6.61 Å². The average molecular weight is 567 g/mol. The van der Waals surface area contributed by atoms with Crippen LogP contribution in [-0.4, -0.2) is 17.8 Å². The van der Waals surface area contributed by atoms with Crippen LogP contribution in [0.4, 0.5) is 5.13 Å². The molecule has 10 heteroatoms. The van der Waals surface area contributed by atoms with Crippen LogP contribution >= 0.6 is 57.7 Å². The lowest BCUT2D eigenvalue weighted by atomic mass is 10.2. The molecule has 4 aromatic rings. The van der Waals surface area contributed by atoms with Gasteiger partial charge in [-0.15, -0.1) is 11.3 Å². The Morgan fingerprint density at radius 1 is 0.914 bits per heavy atom. The Hall–Kier alpha value is -2.48. The monoisotopic (exact) mass is 565 g/mol. The van der Waals surface area contributed by atoms with Crippen molar-refractivity contribution in [2.45, 2.75) is 13.5 Å². The highest BCUT2D eigenvalue weighted by Gasteiger charge is 2.10. The first kappa shape index (κ1) is 25.6. The molecule has 3 aromatic carbocycles. The first-order valence-corrected chi connectivity index (χ1v) is 12.9. The van der Waals surface area contributed by atoms with E-state index in [1.54, 1.807) is 30.5 Å². The third-order valence-corrected chi connectivity index (χ3v) is 6.76. The number of halogens is 4. The van der Waals surface area contributed by atoms with Gasteiger partial charge < -0.3 is 9.47 Å². The van der Waals surface area contributed by atoms with Crippen molar-refractivity contribution in [1.82, 2.24) is 4.98 Å². The van der Waals surface area contributed by atoms with Crippen molar-refractivity contribution < 1.29 is 9.47 Å². The molecule has 0 saturated heterocycles. The molecule has 0 bridgehead atoms. The molecule has 0 amide bonds. The van der Waals surface area contributed by atoms with Crippen LogP contribution in [0.15, 0.2) is 65.1 Å². The number of thiazole rings is 1. The molecule has 180 valence electrons. The van der Waals surface area contributed by atoms with Crippen LogP contribution in [0.5, 0.6) is 11.5 Å². The number of hydrazone groups is 1. The van der Waals surface area contributed by atoms with Gasteiger partial charge in [0, 0.05) is 16.0 Å². The molecule has 35 heavy (non-hydrogen) atoms. The molecule has 0 aliphatic rings. The van der Waals surface area contributed by atoms with Gasteiger partial charge in [0.25, 0.3) is 0 Å². The van der Waals surface area contributed by atoms with Gasteiger partial charge in [0.2, 0.25) is 5.13 Å². The number of rotatable bonds is 9. The van der Waals surface area contributed by atoms with Crippen LogP contribution in [0, 0.1) is 0 Å². The predicted molar refractivity (Wildman–Crippen MR) is 147 cm³/mol. The molecule has 0 unspecified atom stereocenters. The van der Waals surface area contributed by atoms with Gasteiger partial charge in [0.15, 0.2) is 11.5 Å². The lowest BCUT2D eigenvalue weighted by Gasteiger charge is -2.13. The summed E-state index contributed by atoms with van der Waals surface area (Å²) < 4.78 is 11.7. The fourth-order valence-corrected chi connectivity index (χ4v) is 4.58. The molecule has 0 atom stereocenters. The van der Waals surface area contributed by atoms with E-state index in [1.807, 2.05) is 42.6 Å². The summed E-state index contributed by atoms with van der Waals surface area (Å²) >= 11 is 25.7. The van der Waals surface area contributed by atoms with Crippen LogP contribution in [0.25, 0.3) is 11.3 Å². The van der Waals surface area contributed by atoms with E-state index in [2.05, 4.69) is 15.5 Å². The van der Waals surface area contributed by atoms with Gasteiger partial charge in [-0.2, -0.15) is 5.10 Å². The molecule has 4 rings (SSSR count). The molecular formula is C25H19Cl4N3O2S. The lowest BCUT2D eigenvalue weighted by molar-refractivity contribution is 0.269. The molecule has 1 aromatic heterocycles. The Balaban J connectivity index is 1.41. The SMILES string of the molecule is CCOc1cc(/C=N\Nc2nc(-c3ccc(Cl)cc3Cl)cs2)ccc1OCc1ccc(Cl)c(Cl)c1. The van der Waals surface area contributed by atoms with Gasteiger partial charge in [0.05, 0.1) is 33.6 Å². The lowest BCUT2D eigenvalue weighted by Crippen LogP contribution is -2.01. The number of hydrogen-bond donors (Lipinski definition) is 1. The molecule has 0 saturated carbocycles. The summed E-state index contributed by atoms with van der Waals surface area (Å²) in [7, 11) is 0. The zero-order valence-corrected chi connectivity index (χ0v) is 22.2. The Bertz CT molecular complexity index is 1360. The molecule has 5 nitrogen and oxygen atoms in total. The maximum absolute atomic E-state index is 6.28. The van der Waals surface area contributed by atoms with E-state index in [4.69, 9.17) is 55.9 Å². The second-order valence-electron chi connectivity index (χ2n) is 7.21. The van der Waals surface area contributed by atoms with E-state index < -0.39 is 0 Å². The van der Waals surface area contributed by atoms with Crippen molar-refractivity contribution in [1.29, 1.82) is 0 Å². The van der Waals surface area contributed by atoms with Crippen molar-refractivity contribution in [2.24, 2.45) is 5.10 Å². The van der Waals surface area contributed by atoms with E-state index in [9.17, 15) is 0 Å². The summed E-state index contributed by atoms with van der Waals surface area (Å²) in [6, 6.07) is 16.3. The van der Waals surface area contributed by atoms with Crippen LogP contribution in [-0.2, 0) is 6.61 Å². The molecule has 1 heterocycles. The largest absolute Gasteiger partial charge is 0.490 e. The van der Waals surface area contributed by atoms with Gasteiger partial charge in [-0.05, 0) is 66.6 Å². The average Bonchev–Trinajstić information content (AvgIpc) is 3.29. The highest BCUT2D eigenvalue weighted by atomic mass is 35.5. The summed E-state index contributed by atoms with van der Waals surface area (Å²) in [5.74, 6) is 1.23. The van der Waals surface area contributed by atoms with E-state index in [0.717, 1.165) is 22.4 Å². The number of hydrogen-bond acceptors (Lipinski definition) is 6. The fourth-order valence-electron chi connectivity index (χ4n) is 3.09. The van der Waals surface area contributed by atoms with Gasteiger partial charge in [-0.3, -0.25) is 5.43 Å². The Morgan fingerprint density at radius 3 is 2.54 bits per heavy atom. The summed E-state index contributed by atoms with van der Waals surface area (Å²) in [6.45, 7) is 2.74. The number of aromatic nitrogens is 1. The van der Waals surface area contributed by atoms with Crippen LogP contribution in [0.3, 0.4) is 0 Å². The van der Waals surface area contributed by atoms with Crippen LogP contribution in [0.2, 0.25) is 20.1 Å². The zero-order chi connectivity index (χ0) is 24.8. The summed E-state index contributed by atoms with van der Waals surface area (Å²) in [5, 5.41) is 8.94. The number of nitrogens with one attached hydrogen (secondary N) is 1. The minimum Gasteiger partial charge on any atom is -0.490 e. The molecule has 0 aliphatic carbocycles. The zero-order valence-electron chi connectivity index (χ0n) is 18.4. The highest BCUT2D eigenvalue weighted by Crippen LogP contribution is 2.33. The van der Waals surface area contributed by atoms with Gasteiger partial charge in [-0.25, -0.2) is 4.98 Å². The number of nitrogens with zero attached hydrogens (tertiary/aromatic N) is 2. The topological polar surface area (TPSA) is 55.7 Å². The van der Waals surface area contributed by atoms with Gasteiger partial charge in [-0.1, -0.05) is 52.5 Å². The number of benzene rings is 3. The number of anilines is 1. The second kappa shape index (κ2) is 12.0. The van der Waals surface area contributed by atoms with Crippen molar-refractivity contribution in [2.75, 3.05) is 12.0 Å². The number of ether oxygens (including phenoxy) is 2. The normalized spacial score (nSPS) is 11.1. The van der Waals surface area contributed by atoms with Crippen LogP contribution < -0.4 is 14.9 Å². The summed E-state index contributed by atoms with van der Waals surface area (Å²) in [6.07, 6.45) is 1.68. The maximum atomic E-state index is 6.28. The minimum absolute atomic E-state index is 0.329. The molecule has 0 aliphatic heterocycles. The molecule has 0 spiro atoms. The first-order valence-electron chi connectivity index (χ1n) is 10.5. The smallest absolute Gasteiger partial charge is 0.203 e. The van der Waals surface area contributed by atoms with Crippen molar-refractivity contribution in [3.8, 4) is 22.8 Å².